The number of hydrogen-bond acceptors (Lipinski definition) is 3. The first-order chi connectivity index (χ1) is 8.88. The minimum absolute atomic E-state index is 0.00938. The van der Waals surface area contributed by atoms with Crippen molar-refractivity contribution in [2.75, 3.05) is 7.11 Å². The predicted molar refractivity (Wildman–Crippen MR) is 69.5 cm³/mol. The SMILES string of the molecule is COC(=O)C(NC(=O)c1c(F)cccc1Cl)C(C)C. The van der Waals surface area contributed by atoms with Gasteiger partial charge in [0.15, 0.2) is 0 Å². The molecular formula is C13H15ClFNO3. The van der Waals surface area contributed by atoms with E-state index in [0.717, 1.165) is 6.07 Å². The summed E-state index contributed by atoms with van der Waals surface area (Å²) in [6.45, 7) is 3.48. The fourth-order valence-corrected chi connectivity index (χ4v) is 1.80. The summed E-state index contributed by atoms with van der Waals surface area (Å²) in [5.74, 6) is -2.26. The first kappa shape index (κ1) is 15.4. The van der Waals surface area contributed by atoms with E-state index in [1.165, 1.54) is 19.2 Å². The van der Waals surface area contributed by atoms with Gasteiger partial charge in [0.2, 0.25) is 0 Å². The molecule has 1 rings (SSSR count). The zero-order valence-corrected chi connectivity index (χ0v) is 11.6. The lowest BCUT2D eigenvalue weighted by atomic mass is 10.0. The Morgan fingerprint density at radius 1 is 1.37 bits per heavy atom. The van der Waals surface area contributed by atoms with Crippen LogP contribution in [0.4, 0.5) is 4.39 Å². The Hall–Kier alpha value is -1.62. The molecule has 0 aliphatic carbocycles. The van der Waals surface area contributed by atoms with Crippen molar-refractivity contribution < 1.29 is 18.7 Å². The molecule has 1 atom stereocenters. The van der Waals surface area contributed by atoms with Gasteiger partial charge in [-0.2, -0.15) is 0 Å². The number of rotatable bonds is 4. The van der Waals surface area contributed by atoms with Gasteiger partial charge in [0.05, 0.1) is 17.7 Å². The molecule has 0 heterocycles. The van der Waals surface area contributed by atoms with Gasteiger partial charge in [-0.05, 0) is 18.1 Å². The summed E-state index contributed by atoms with van der Waals surface area (Å²) in [7, 11) is 1.22. The predicted octanol–water partition coefficient (Wildman–Crippen LogP) is 2.41. The van der Waals surface area contributed by atoms with Crippen molar-refractivity contribution in [3.8, 4) is 0 Å². The van der Waals surface area contributed by atoms with Crippen molar-refractivity contribution in [1.29, 1.82) is 0 Å². The van der Waals surface area contributed by atoms with E-state index >= 15 is 0 Å². The monoisotopic (exact) mass is 287 g/mol. The number of esters is 1. The summed E-state index contributed by atoms with van der Waals surface area (Å²) in [5.41, 5.74) is -0.279. The Balaban J connectivity index is 2.98. The lowest BCUT2D eigenvalue weighted by Crippen LogP contribution is -2.45. The van der Waals surface area contributed by atoms with Gasteiger partial charge in [-0.1, -0.05) is 31.5 Å². The molecule has 1 aromatic rings. The highest BCUT2D eigenvalue weighted by Crippen LogP contribution is 2.19. The molecule has 19 heavy (non-hydrogen) atoms. The fourth-order valence-electron chi connectivity index (χ4n) is 1.55. The van der Waals surface area contributed by atoms with Gasteiger partial charge in [-0.3, -0.25) is 4.79 Å². The van der Waals surface area contributed by atoms with E-state index in [-0.39, 0.29) is 16.5 Å². The summed E-state index contributed by atoms with van der Waals surface area (Å²) in [4.78, 5) is 23.5. The Bertz CT molecular complexity index is 471. The molecule has 0 radical (unpaired) electrons. The van der Waals surface area contributed by atoms with Crippen molar-refractivity contribution in [2.24, 2.45) is 5.92 Å². The number of carbonyl (C=O) groups is 2. The molecular weight excluding hydrogens is 273 g/mol. The minimum atomic E-state index is -0.854. The van der Waals surface area contributed by atoms with Gasteiger partial charge < -0.3 is 10.1 Å². The largest absolute Gasteiger partial charge is 0.467 e. The topological polar surface area (TPSA) is 55.4 Å². The molecule has 6 heteroatoms. The molecule has 104 valence electrons. The van der Waals surface area contributed by atoms with Crippen LogP contribution in [0.1, 0.15) is 24.2 Å². The summed E-state index contributed by atoms with van der Waals surface area (Å²) >= 11 is 5.78. The second kappa shape index (κ2) is 6.52. The van der Waals surface area contributed by atoms with Crippen LogP contribution in [0, 0.1) is 11.7 Å². The molecule has 0 bridgehead atoms. The second-order valence-corrected chi connectivity index (χ2v) is 4.72. The summed E-state index contributed by atoms with van der Waals surface area (Å²) in [5, 5.41) is 2.42. The average molecular weight is 288 g/mol. The van der Waals surface area contributed by atoms with E-state index in [0.29, 0.717) is 0 Å². The molecule has 0 aromatic heterocycles. The van der Waals surface area contributed by atoms with E-state index in [2.05, 4.69) is 10.1 Å². The van der Waals surface area contributed by atoms with Crippen molar-refractivity contribution in [2.45, 2.75) is 19.9 Å². The summed E-state index contributed by atoms with van der Waals surface area (Å²) in [6.07, 6.45) is 0. The van der Waals surface area contributed by atoms with Crippen molar-refractivity contribution >= 4 is 23.5 Å². The minimum Gasteiger partial charge on any atom is -0.467 e. The van der Waals surface area contributed by atoms with Crippen LogP contribution in [0.25, 0.3) is 0 Å². The second-order valence-electron chi connectivity index (χ2n) is 4.31. The van der Waals surface area contributed by atoms with Gasteiger partial charge in [0.1, 0.15) is 11.9 Å². The third kappa shape index (κ3) is 3.67. The Kier molecular flexibility index (Phi) is 5.30. The highest BCUT2D eigenvalue weighted by Gasteiger charge is 2.27. The molecule has 1 N–H and O–H groups in total. The van der Waals surface area contributed by atoms with Gasteiger partial charge in [-0.15, -0.1) is 0 Å². The summed E-state index contributed by atoms with van der Waals surface area (Å²) in [6, 6.07) is 3.08. The van der Waals surface area contributed by atoms with Gasteiger partial charge >= 0.3 is 5.97 Å². The number of methoxy groups -OCH3 is 1. The van der Waals surface area contributed by atoms with E-state index in [1.54, 1.807) is 13.8 Å². The van der Waals surface area contributed by atoms with Crippen LogP contribution in [0.3, 0.4) is 0 Å². The maximum atomic E-state index is 13.6. The molecule has 1 aromatic carbocycles. The third-order valence-electron chi connectivity index (χ3n) is 2.60. The number of benzene rings is 1. The third-order valence-corrected chi connectivity index (χ3v) is 2.91. The Morgan fingerprint density at radius 2 is 2.00 bits per heavy atom. The summed E-state index contributed by atoms with van der Waals surface area (Å²) < 4.78 is 18.2. The molecule has 1 unspecified atom stereocenters. The highest BCUT2D eigenvalue weighted by atomic mass is 35.5. The number of hydrogen-bond donors (Lipinski definition) is 1. The van der Waals surface area contributed by atoms with Crippen molar-refractivity contribution in [3.63, 3.8) is 0 Å². The molecule has 4 nitrogen and oxygen atoms in total. The number of halogens is 2. The smallest absolute Gasteiger partial charge is 0.328 e. The molecule has 0 fully saturated rings. The van der Waals surface area contributed by atoms with Crippen LogP contribution in [-0.4, -0.2) is 25.0 Å². The van der Waals surface area contributed by atoms with Gasteiger partial charge in [0, 0.05) is 0 Å². The highest BCUT2D eigenvalue weighted by molar-refractivity contribution is 6.33. The molecule has 0 aliphatic rings. The molecule has 0 spiro atoms. The van der Waals surface area contributed by atoms with Crippen molar-refractivity contribution in [3.05, 3.63) is 34.6 Å². The normalized spacial score (nSPS) is 12.1. The van der Waals surface area contributed by atoms with Gasteiger partial charge in [0.25, 0.3) is 5.91 Å². The van der Waals surface area contributed by atoms with E-state index in [4.69, 9.17) is 11.6 Å². The van der Waals surface area contributed by atoms with E-state index in [9.17, 15) is 14.0 Å². The van der Waals surface area contributed by atoms with Crippen LogP contribution < -0.4 is 5.32 Å². The zero-order chi connectivity index (χ0) is 14.6. The van der Waals surface area contributed by atoms with E-state index in [1.807, 2.05) is 0 Å². The first-order valence-corrected chi connectivity index (χ1v) is 6.09. The number of nitrogens with one attached hydrogen (secondary N) is 1. The lowest BCUT2D eigenvalue weighted by Gasteiger charge is -2.20. The van der Waals surface area contributed by atoms with Crippen LogP contribution in [-0.2, 0) is 9.53 Å². The zero-order valence-electron chi connectivity index (χ0n) is 10.9. The van der Waals surface area contributed by atoms with Gasteiger partial charge in [-0.25, -0.2) is 9.18 Å². The van der Waals surface area contributed by atoms with Crippen LogP contribution in [0.2, 0.25) is 5.02 Å². The molecule has 0 saturated carbocycles. The average Bonchev–Trinajstić information content (AvgIpc) is 2.34. The standard InChI is InChI=1S/C13H15ClFNO3/c1-7(2)11(13(18)19-3)16-12(17)10-8(14)5-4-6-9(10)15/h4-7,11H,1-3H3,(H,16,17). The number of ether oxygens (including phenoxy) is 1. The van der Waals surface area contributed by atoms with Crippen LogP contribution in [0.15, 0.2) is 18.2 Å². The quantitative estimate of drug-likeness (QED) is 0.865. The molecule has 0 saturated heterocycles. The van der Waals surface area contributed by atoms with E-state index < -0.39 is 23.7 Å². The van der Waals surface area contributed by atoms with Crippen LogP contribution in [0.5, 0.6) is 0 Å². The van der Waals surface area contributed by atoms with Crippen molar-refractivity contribution in [1.82, 2.24) is 5.32 Å². The number of carbonyl (C=O) groups excluding carboxylic acids is 2. The maximum absolute atomic E-state index is 13.6. The fraction of sp³-hybridized carbons (Fsp3) is 0.385. The Morgan fingerprint density at radius 3 is 2.47 bits per heavy atom. The first-order valence-electron chi connectivity index (χ1n) is 5.71. The van der Waals surface area contributed by atoms with Crippen LogP contribution >= 0.6 is 11.6 Å². The molecule has 1 amide bonds. The number of amides is 1. The lowest BCUT2D eigenvalue weighted by molar-refractivity contribution is -0.144. The maximum Gasteiger partial charge on any atom is 0.328 e. The Labute approximate surface area is 115 Å². The molecule has 0 aliphatic heterocycles.